The van der Waals surface area contributed by atoms with Crippen LogP contribution in [-0.2, 0) is 24.8 Å². The number of hydrogen-bond acceptors (Lipinski definition) is 6. The van der Waals surface area contributed by atoms with Gasteiger partial charge in [-0.2, -0.15) is 43.9 Å². The second-order valence-corrected chi connectivity index (χ2v) is 7.61. The zero-order chi connectivity index (χ0) is 21.8. The fourth-order valence-electron chi connectivity index (χ4n) is 0.672. The third-order valence-electron chi connectivity index (χ3n) is 1.88. The van der Waals surface area contributed by atoms with Crippen molar-refractivity contribution >= 4 is 20.0 Å². The smallest absolute Gasteiger partial charge is 0.383 e. The van der Waals surface area contributed by atoms with E-state index in [0.717, 1.165) is 0 Å². The largest absolute Gasteiger partial charge is 0.471 e. The predicted molar refractivity (Wildman–Crippen MR) is 63.9 cm³/mol. The Morgan fingerprint density at radius 1 is 0.769 bits per heavy atom. The van der Waals surface area contributed by atoms with Gasteiger partial charge in [0, 0.05) is 13.7 Å². The molecule has 7 nitrogen and oxygen atoms in total. The maximum atomic E-state index is 12.4. The van der Waals surface area contributed by atoms with E-state index in [4.69, 9.17) is 5.73 Å². The summed E-state index contributed by atoms with van der Waals surface area (Å²) >= 11 is 0. The molecule has 0 rings (SSSR count). The molecule has 0 aromatic rings. The van der Waals surface area contributed by atoms with Gasteiger partial charge in [0.05, 0.1) is 6.61 Å². The standard InChI is InChI=1S/C4HF10NO4S2.C3H9NO/c5-1(6,7)3(11,12)20(16,17)15-21(18,19)4(13,14)2(8,9)10;1-5-3-2-4/h15H;2-4H2,1H3. The van der Waals surface area contributed by atoms with Crippen LogP contribution in [0.3, 0.4) is 0 Å². The molecule has 0 aliphatic carbocycles. The average molecular weight is 456 g/mol. The minimum atomic E-state index is -7.49. The molecular weight excluding hydrogens is 446 g/mol. The van der Waals surface area contributed by atoms with E-state index < -0.39 is 47.0 Å². The van der Waals surface area contributed by atoms with Crippen LogP contribution in [0.1, 0.15) is 0 Å². The molecule has 19 heteroatoms. The van der Waals surface area contributed by atoms with Gasteiger partial charge in [-0.1, -0.05) is 4.13 Å². The van der Waals surface area contributed by atoms with Crippen molar-refractivity contribution in [3.05, 3.63) is 0 Å². The summed E-state index contributed by atoms with van der Waals surface area (Å²) in [5.74, 6) is 0. The molecule has 0 atom stereocenters. The molecule has 0 amide bonds. The van der Waals surface area contributed by atoms with Crippen LogP contribution < -0.4 is 9.86 Å². The highest BCUT2D eigenvalue weighted by molar-refractivity contribution is 8.05. The number of alkyl halides is 10. The lowest BCUT2D eigenvalue weighted by Crippen LogP contribution is -2.57. The average Bonchev–Trinajstić information content (AvgIpc) is 2.36. The van der Waals surface area contributed by atoms with Gasteiger partial charge in [0.2, 0.25) is 0 Å². The summed E-state index contributed by atoms with van der Waals surface area (Å²) in [6.45, 7) is 1.29. The van der Waals surface area contributed by atoms with E-state index in [9.17, 15) is 60.7 Å². The monoisotopic (exact) mass is 456 g/mol. The summed E-state index contributed by atoms with van der Waals surface area (Å²) in [6.07, 6.45) is -13.9. The van der Waals surface area contributed by atoms with Crippen LogP contribution in [0.15, 0.2) is 0 Å². The Hall–Kier alpha value is -0.920. The molecule has 0 radical (unpaired) electrons. The molecule has 0 unspecified atom stereocenters. The van der Waals surface area contributed by atoms with E-state index in [1.54, 1.807) is 7.11 Å². The van der Waals surface area contributed by atoms with Gasteiger partial charge in [0.1, 0.15) is 0 Å². The number of ether oxygens (including phenoxy) is 1. The van der Waals surface area contributed by atoms with Crippen molar-refractivity contribution in [2.45, 2.75) is 22.9 Å². The van der Waals surface area contributed by atoms with Crippen molar-refractivity contribution in [1.29, 1.82) is 0 Å². The quantitative estimate of drug-likeness (QED) is 0.580. The maximum Gasteiger partial charge on any atom is 0.471 e. The lowest BCUT2D eigenvalue weighted by molar-refractivity contribution is -0.242. The summed E-state index contributed by atoms with van der Waals surface area (Å²) in [5, 5.41) is -13.9. The SMILES string of the molecule is COCCN.O=S(=O)(NS(=O)(=O)C(F)(F)C(F)(F)F)C(F)(F)C(F)(F)F. The first-order valence-corrected chi connectivity index (χ1v) is 8.44. The highest BCUT2D eigenvalue weighted by Crippen LogP contribution is 2.42. The summed E-state index contributed by atoms with van der Waals surface area (Å²) in [5.41, 5.74) is 5.01. The summed E-state index contributed by atoms with van der Waals surface area (Å²) in [4.78, 5) is 0. The second kappa shape index (κ2) is 8.40. The van der Waals surface area contributed by atoms with Crippen LogP contribution in [0, 0.1) is 0 Å². The lowest BCUT2D eigenvalue weighted by atomic mass is 10.7. The number of sulfonamides is 2. The minimum Gasteiger partial charge on any atom is -0.383 e. The third kappa shape index (κ3) is 6.06. The van der Waals surface area contributed by atoms with Crippen molar-refractivity contribution in [3.63, 3.8) is 0 Å². The Balaban J connectivity index is 0. The minimum absolute atomic E-state index is 0.622. The fraction of sp³-hybridized carbons (Fsp3) is 1.00. The number of methoxy groups -OCH3 is 1. The van der Waals surface area contributed by atoms with Crippen LogP contribution >= 0.6 is 0 Å². The molecule has 0 spiro atoms. The van der Waals surface area contributed by atoms with Gasteiger partial charge in [-0.15, -0.1) is 0 Å². The number of nitrogens with one attached hydrogen (secondary N) is 1. The Labute approximate surface area is 139 Å². The van der Waals surface area contributed by atoms with E-state index in [1.807, 2.05) is 0 Å². The Morgan fingerprint density at radius 3 is 1.15 bits per heavy atom. The van der Waals surface area contributed by atoms with Gasteiger partial charge >= 0.3 is 22.9 Å². The Morgan fingerprint density at radius 2 is 1.04 bits per heavy atom. The molecule has 0 heterocycles. The van der Waals surface area contributed by atoms with Gasteiger partial charge in [0.25, 0.3) is 20.0 Å². The molecule has 0 bridgehead atoms. The Bertz CT molecular complexity index is 598. The molecule has 0 aromatic carbocycles. The highest BCUT2D eigenvalue weighted by Gasteiger charge is 2.73. The molecule has 0 aliphatic rings. The molecule has 3 N–H and O–H groups in total. The zero-order valence-electron chi connectivity index (χ0n) is 12.1. The van der Waals surface area contributed by atoms with Gasteiger partial charge in [-0.3, -0.25) is 0 Å². The molecule has 26 heavy (non-hydrogen) atoms. The summed E-state index contributed by atoms with van der Waals surface area (Å²) in [7, 11) is -13.4. The van der Waals surface area contributed by atoms with Crippen molar-refractivity contribution in [2.75, 3.05) is 20.3 Å². The summed E-state index contributed by atoms with van der Waals surface area (Å²) in [6, 6.07) is 0. The highest BCUT2D eigenvalue weighted by atomic mass is 32.3. The lowest BCUT2D eigenvalue weighted by Gasteiger charge is -2.23. The number of rotatable bonds is 6. The van der Waals surface area contributed by atoms with Crippen molar-refractivity contribution in [3.8, 4) is 0 Å². The Kier molecular flexibility index (Phi) is 8.82. The first-order valence-electron chi connectivity index (χ1n) is 5.48. The van der Waals surface area contributed by atoms with E-state index >= 15 is 0 Å². The molecule has 0 aromatic heterocycles. The molecule has 160 valence electrons. The van der Waals surface area contributed by atoms with E-state index in [-0.39, 0.29) is 0 Å². The molecule has 0 fully saturated rings. The maximum absolute atomic E-state index is 12.4. The number of hydrogen-bond donors (Lipinski definition) is 2. The zero-order valence-corrected chi connectivity index (χ0v) is 13.8. The first kappa shape index (κ1) is 27.3. The molecular formula is C7H10F10N2O5S2. The molecule has 0 saturated heterocycles. The number of nitrogens with two attached hydrogens (primary N) is 1. The van der Waals surface area contributed by atoms with Crippen molar-refractivity contribution < 1.29 is 65.5 Å². The van der Waals surface area contributed by atoms with Gasteiger partial charge in [-0.05, 0) is 0 Å². The second-order valence-electron chi connectivity index (χ2n) is 3.90. The van der Waals surface area contributed by atoms with E-state index in [0.29, 0.717) is 13.2 Å². The van der Waals surface area contributed by atoms with E-state index in [2.05, 4.69) is 4.74 Å². The normalized spacial score (nSPS) is 14.6. The molecule has 0 aliphatic heterocycles. The van der Waals surface area contributed by atoms with E-state index in [1.165, 1.54) is 0 Å². The summed E-state index contributed by atoms with van der Waals surface area (Å²) < 4.78 is 165. The third-order valence-corrected chi connectivity index (χ3v) is 5.44. The first-order chi connectivity index (χ1) is 11.1. The predicted octanol–water partition coefficient (Wildman–Crippen LogP) is 1.14. The van der Waals surface area contributed by atoms with Gasteiger partial charge < -0.3 is 10.5 Å². The van der Waals surface area contributed by atoms with Gasteiger partial charge in [-0.25, -0.2) is 16.8 Å². The van der Waals surface area contributed by atoms with Crippen LogP contribution in [0.25, 0.3) is 0 Å². The topological polar surface area (TPSA) is 116 Å². The van der Waals surface area contributed by atoms with Crippen LogP contribution in [0.4, 0.5) is 43.9 Å². The van der Waals surface area contributed by atoms with Crippen LogP contribution in [0.2, 0.25) is 0 Å². The van der Waals surface area contributed by atoms with Crippen LogP contribution in [0.5, 0.6) is 0 Å². The van der Waals surface area contributed by atoms with Crippen LogP contribution in [-0.4, -0.2) is 60.0 Å². The van der Waals surface area contributed by atoms with Gasteiger partial charge in [0.15, 0.2) is 0 Å². The number of halogens is 10. The van der Waals surface area contributed by atoms with Crippen molar-refractivity contribution in [2.24, 2.45) is 5.73 Å². The van der Waals surface area contributed by atoms with Crippen molar-refractivity contribution in [1.82, 2.24) is 4.13 Å². The fourth-order valence-corrected chi connectivity index (χ4v) is 3.27. The molecule has 0 saturated carbocycles.